The smallest absolute Gasteiger partial charge is 0.101 e. The van der Waals surface area contributed by atoms with Crippen LogP contribution in [0.15, 0.2) is 29.8 Å². The summed E-state index contributed by atoms with van der Waals surface area (Å²) in [7, 11) is 0. The monoisotopic (exact) mass is 270 g/mol. The van der Waals surface area contributed by atoms with Gasteiger partial charge in [0.25, 0.3) is 0 Å². The fourth-order valence-electron chi connectivity index (χ4n) is 2.00. The van der Waals surface area contributed by atoms with Gasteiger partial charge >= 0.3 is 0 Å². The average Bonchev–Trinajstić information content (AvgIpc) is 2.92. The van der Waals surface area contributed by atoms with Crippen LogP contribution in [0.5, 0.6) is 0 Å². The lowest BCUT2D eigenvalue weighted by atomic mass is 10.1. The normalized spacial score (nSPS) is 10.3. The van der Waals surface area contributed by atoms with Gasteiger partial charge in [0, 0.05) is 6.20 Å². The van der Waals surface area contributed by atoms with E-state index in [0.717, 1.165) is 12.1 Å². The Balaban J connectivity index is 1.98. The topological polar surface area (TPSA) is 36.7 Å². The molecule has 98 valence electrons. The standard InChI is InChI=1S/C16H18N2S/c1-2-3-4-5-6-13-9-16(19-12-13)15-8-7-14(10-17)11-18-15/h7-9,11-12H,2-6H2,1H3. The van der Waals surface area contributed by atoms with Crippen molar-refractivity contribution in [3.05, 3.63) is 40.9 Å². The van der Waals surface area contributed by atoms with Crippen LogP contribution in [0.3, 0.4) is 0 Å². The highest BCUT2D eigenvalue weighted by molar-refractivity contribution is 7.13. The lowest BCUT2D eigenvalue weighted by Crippen LogP contribution is -1.83. The number of nitriles is 1. The number of hydrogen-bond donors (Lipinski definition) is 0. The maximum absolute atomic E-state index is 8.76. The summed E-state index contributed by atoms with van der Waals surface area (Å²) in [6, 6.07) is 8.06. The molecule has 2 aromatic rings. The van der Waals surface area contributed by atoms with Gasteiger partial charge < -0.3 is 0 Å². The summed E-state index contributed by atoms with van der Waals surface area (Å²) in [6.45, 7) is 2.24. The second-order valence-electron chi connectivity index (χ2n) is 4.67. The number of thiophene rings is 1. The van der Waals surface area contributed by atoms with Crippen molar-refractivity contribution in [2.24, 2.45) is 0 Å². The quantitative estimate of drug-likeness (QED) is 0.707. The first-order valence-electron chi connectivity index (χ1n) is 6.77. The summed E-state index contributed by atoms with van der Waals surface area (Å²) >= 11 is 1.73. The maximum Gasteiger partial charge on any atom is 0.101 e. The molecule has 0 aliphatic carbocycles. The molecule has 2 heterocycles. The van der Waals surface area contributed by atoms with E-state index in [0.29, 0.717) is 5.56 Å². The lowest BCUT2D eigenvalue weighted by Gasteiger charge is -1.97. The highest BCUT2D eigenvalue weighted by Crippen LogP contribution is 2.26. The van der Waals surface area contributed by atoms with Crippen molar-refractivity contribution < 1.29 is 0 Å². The summed E-state index contributed by atoms with van der Waals surface area (Å²) in [5, 5.41) is 11.0. The van der Waals surface area contributed by atoms with Crippen LogP contribution < -0.4 is 0 Å². The van der Waals surface area contributed by atoms with Crippen molar-refractivity contribution in [3.8, 4) is 16.6 Å². The minimum atomic E-state index is 0.611. The zero-order valence-electron chi connectivity index (χ0n) is 11.2. The number of hydrogen-bond acceptors (Lipinski definition) is 3. The Bertz CT molecular complexity index is 549. The molecule has 0 aromatic carbocycles. The van der Waals surface area contributed by atoms with E-state index < -0.39 is 0 Å². The van der Waals surface area contributed by atoms with Crippen LogP contribution >= 0.6 is 11.3 Å². The Morgan fingerprint density at radius 3 is 2.84 bits per heavy atom. The molecule has 3 heteroatoms. The van der Waals surface area contributed by atoms with Crippen LogP contribution in [0, 0.1) is 11.3 Å². The van der Waals surface area contributed by atoms with E-state index in [1.165, 1.54) is 36.1 Å². The van der Waals surface area contributed by atoms with Gasteiger partial charge in [-0.1, -0.05) is 26.2 Å². The minimum Gasteiger partial charge on any atom is -0.254 e. The second-order valence-corrected chi connectivity index (χ2v) is 5.59. The molecule has 19 heavy (non-hydrogen) atoms. The third kappa shape index (κ3) is 3.90. The van der Waals surface area contributed by atoms with Crippen LogP contribution in [0.4, 0.5) is 0 Å². The molecule has 0 N–H and O–H groups in total. The molecule has 2 rings (SSSR count). The fourth-order valence-corrected chi connectivity index (χ4v) is 2.93. The Hall–Kier alpha value is -1.66. The highest BCUT2D eigenvalue weighted by atomic mass is 32.1. The number of aryl methyl sites for hydroxylation is 1. The van der Waals surface area contributed by atoms with E-state index in [1.807, 2.05) is 12.1 Å². The average molecular weight is 270 g/mol. The Kier molecular flexibility index (Phi) is 5.11. The number of rotatable bonds is 6. The predicted molar refractivity (Wildman–Crippen MR) is 80.1 cm³/mol. The number of pyridine rings is 1. The zero-order chi connectivity index (χ0) is 13.5. The van der Waals surface area contributed by atoms with Crippen LogP contribution in [-0.2, 0) is 6.42 Å². The van der Waals surface area contributed by atoms with E-state index in [-0.39, 0.29) is 0 Å². The summed E-state index contributed by atoms with van der Waals surface area (Å²) in [5.74, 6) is 0. The Labute approximate surface area is 118 Å². The molecule has 2 aromatic heterocycles. The molecule has 0 amide bonds. The van der Waals surface area contributed by atoms with Gasteiger partial charge in [-0.05, 0) is 42.0 Å². The second kappa shape index (κ2) is 7.06. The van der Waals surface area contributed by atoms with Crippen LogP contribution in [0.1, 0.15) is 43.7 Å². The van der Waals surface area contributed by atoms with E-state index in [1.54, 1.807) is 17.5 Å². The molecule has 0 saturated carbocycles. The molecule has 0 spiro atoms. The van der Waals surface area contributed by atoms with Crippen molar-refractivity contribution in [2.45, 2.75) is 39.0 Å². The summed E-state index contributed by atoms with van der Waals surface area (Å²) in [6.07, 6.45) is 7.99. The van der Waals surface area contributed by atoms with Crippen molar-refractivity contribution in [2.75, 3.05) is 0 Å². The SMILES string of the molecule is CCCCCCc1csc(-c2ccc(C#N)cn2)c1. The van der Waals surface area contributed by atoms with E-state index in [2.05, 4.69) is 29.4 Å². The first kappa shape index (κ1) is 13.8. The summed E-state index contributed by atoms with van der Waals surface area (Å²) in [4.78, 5) is 5.52. The number of nitrogens with zero attached hydrogens (tertiary/aromatic N) is 2. The molecule has 0 bridgehead atoms. The van der Waals surface area contributed by atoms with Gasteiger partial charge in [-0.2, -0.15) is 5.26 Å². The molecular formula is C16H18N2S. The minimum absolute atomic E-state index is 0.611. The molecular weight excluding hydrogens is 252 g/mol. The number of unbranched alkanes of at least 4 members (excludes halogenated alkanes) is 3. The number of aromatic nitrogens is 1. The Morgan fingerprint density at radius 2 is 2.16 bits per heavy atom. The van der Waals surface area contributed by atoms with Gasteiger partial charge in [-0.15, -0.1) is 11.3 Å². The third-order valence-electron chi connectivity index (χ3n) is 3.12. The highest BCUT2D eigenvalue weighted by Gasteiger charge is 2.04. The van der Waals surface area contributed by atoms with Gasteiger partial charge in [0.05, 0.1) is 16.1 Å². The van der Waals surface area contributed by atoms with Gasteiger partial charge in [0.1, 0.15) is 6.07 Å². The Morgan fingerprint density at radius 1 is 1.26 bits per heavy atom. The van der Waals surface area contributed by atoms with Crippen molar-refractivity contribution in [1.29, 1.82) is 5.26 Å². The lowest BCUT2D eigenvalue weighted by molar-refractivity contribution is 0.667. The maximum atomic E-state index is 8.76. The van der Waals surface area contributed by atoms with Crippen LogP contribution in [-0.4, -0.2) is 4.98 Å². The summed E-state index contributed by atoms with van der Waals surface area (Å²) in [5.41, 5.74) is 2.98. The molecule has 0 aliphatic heterocycles. The van der Waals surface area contributed by atoms with Gasteiger partial charge in [-0.25, -0.2) is 0 Å². The van der Waals surface area contributed by atoms with E-state index in [9.17, 15) is 0 Å². The largest absolute Gasteiger partial charge is 0.254 e. The first-order chi connectivity index (χ1) is 9.33. The first-order valence-corrected chi connectivity index (χ1v) is 7.65. The third-order valence-corrected chi connectivity index (χ3v) is 4.12. The molecule has 0 aliphatic rings. The van der Waals surface area contributed by atoms with Gasteiger partial charge in [0.15, 0.2) is 0 Å². The van der Waals surface area contributed by atoms with Crippen molar-refractivity contribution in [1.82, 2.24) is 4.98 Å². The van der Waals surface area contributed by atoms with Gasteiger partial charge in [0.2, 0.25) is 0 Å². The zero-order valence-corrected chi connectivity index (χ0v) is 12.0. The molecule has 0 radical (unpaired) electrons. The molecule has 0 fully saturated rings. The fraction of sp³-hybridized carbons (Fsp3) is 0.375. The molecule has 0 saturated heterocycles. The van der Waals surface area contributed by atoms with Crippen molar-refractivity contribution in [3.63, 3.8) is 0 Å². The van der Waals surface area contributed by atoms with Crippen LogP contribution in [0.2, 0.25) is 0 Å². The van der Waals surface area contributed by atoms with Gasteiger partial charge in [-0.3, -0.25) is 4.98 Å². The van der Waals surface area contributed by atoms with Crippen LogP contribution in [0.25, 0.3) is 10.6 Å². The summed E-state index contributed by atoms with van der Waals surface area (Å²) < 4.78 is 0. The molecule has 2 nitrogen and oxygen atoms in total. The predicted octanol–water partition coefficient (Wildman–Crippen LogP) is 4.80. The van der Waals surface area contributed by atoms with Crippen molar-refractivity contribution >= 4 is 11.3 Å². The molecule has 0 unspecified atom stereocenters. The van der Waals surface area contributed by atoms with E-state index >= 15 is 0 Å². The van der Waals surface area contributed by atoms with E-state index in [4.69, 9.17) is 5.26 Å². The molecule has 0 atom stereocenters.